The van der Waals surface area contributed by atoms with Crippen molar-refractivity contribution in [2.24, 2.45) is 0 Å². The van der Waals surface area contributed by atoms with Crippen LogP contribution in [0.3, 0.4) is 0 Å². The van der Waals surface area contributed by atoms with E-state index in [4.69, 9.17) is 14.2 Å². The van der Waals surface area contributed by atoms with Gasteiger partial charge in [0.05, 0.1) is 6.54 Å². The molecule has 0 spiro atoms. The molecular weight excluding hydrogens is 320 g/mol. The zero-order valence-corrected chi connectivity index (χ0v) is 14.6. The van der Waals surface area contributed by atoms with Crippen LogP contribution in [0.25, 0.3) is 0 Å². The van der Waals surface area contributed by atoms with Crippen molar-refractivity contribution in [2.45, 2.75) is 19.6 Å². The smallest absolute Gasteiger partial charge is 0.321 e. The van der Waals surface area contributed by atoms with E-state index in [9.17, 15) is 4.79 Å². The molecule has 0 saturated carbocycles. The third-order valence-electron chi connectivity index (χ3n) is 3.69. The standard InChI is InChI=1S/C19H22N2O4/c1-19(2)24-16-10-9-14(13-17(16)25-19)20-18(22)21(3)11-12-23-15-7-5-4-6-8-15/h4-10,13H,11-12H2,1-3H3,(H,20,22). The van der Waals surface area contributed by atoms with Crippen molar-refractivity contribution >= 4 is 11.7 Å². The topological polar surface area (TPSA) is 60.0 Å². The number of nitrogens with one attached hydrogen (secondary N) is 1. The van der Waals surface area contributed by atoms with Gasteiger partial charge in [-0.25, -0.2) is 4.79 Å². The number of anilines is 1. The van der Waals surface area contributed by atoms with E-state index >= 15 is 0 Å². The molecule has 132 valence electrons. The van der Waals surface area contributed by atoms with Crippen LogP contribution in [-0.4, -0.2) is 36.9 Å². The first-order valence-electron chi connectivity index (χ1n) is 8.15. The van der Waals surface area contributed by atoms with Crippen LogP contribution in [-0.2, 0) is 0 Å². The number of carbonyl (C=O) groups excluding carboxylic acids is 1. The number of nitrogens with zero attached hydrogens (tertiary/aromatic N) is 1. The fourth-order valence-electron chi connectivity index (χ4n) is 2.44. The van der Waals surface area contributed by atoms with E-state index in [0.29, 0.717) is 30.3 Å². The summed E-state index contributed by atoms with van der Waals surface area (Å²) >= 11 is 0. The molecule has 1 N–H and O–H groups in total. The number of hydrogen-bond donors (Lipinski definition) is 1. The summed E-state index contributed by atoms with van der Waals surface area (Å²) in [5.41, 5.74) is 0.654. The Morgan fingerprint density at radius 3 is 2.60 bits per heavy atom. The number of carbonyl (C=O) groups is 1. The summed E-state index contributed by atoms with van der Waals surface area (Å²) in [5.74, 6) is 1.40. The summed E-state index contributed by atoms with van der Waals surface area (Å²) in [6.07, 6.45) is 0. The van der Waals surface area contributed by atoms with E-state index in [1.165, 1.54) is 0 Å². The van der Waals surface area contributed by atoms with Crippen LogP contribution in [0.2, 0.25) is 0 Å². The lowest BCUT2D eigenvalue weighted by Gasteiger charge is -2.18. The van der Waals surface area contributed by atoms with Crippen molar-refractivity contribution in [3.8, 4) is 17.2 Å². The molecule has 6 nitrogen and oxygen atoms in total. The molecule has 1 aliphatic heterocycles. The molecule has 0 fully saturated rings. The Bertz CT molecular complexity index is 746. The highest BCUT2D eigenvalue weighted by Gasteiger charge is 2.31. The zero-order chi connectivity index (χ0) is 17.9. The van der Waals surface area contributed by atoms with Gasteiger partial charge in [0.15, 0.2) is 11.5 Å². The molecule has 0 bridgehead atoms. The number of urea groups is 1. The third kappa shape index (κ3) is 4.35. The minimum Gasteiger partial charge on any atom is -0.492 e. The molecule has 25 heavy (non-hydrogen) atoms. The first-order valence-corrected chi connectivity index (χ1v) is 8.15. The van der Waals surface area contributed by atoms with Crippen LogP contribution in [0.1, 0.15) is 13.8 Å². The van der Waals surface area contributed by atoms with Gasteiger partial charge in [-0.3, -0.25) is 0 Å². The number of likely N-dealkylation sites (N-methyl/N-ethyl adjacent to an activating group) is 1. The van der Waals surface area contributed by atoms with Gasteiger partial charge in [0.25, 0.3) is 0 Å². The third-order valence-corrected chi connectivity index (χ3v) is 3.69. The van der Waals surface area contributed by atoms with Crippen molar-refractivity contribution in [3.05, 3.63) is 48.5 Å². The summed E-state index contributed by atoms with van der Waals surface area (Å²) in [6.45, 7) is 4.57. The predicted molar refractivity (Wildman–Crippen MR) is 95.4 cm³/mol. The molecule has 1 aliphatic rings. The Hall–Kier alpha value is -2.89. The molecule has 2 aromatic carbocycles. The average Bonchev–Trinajstić information content (AvgIpc) is 2.88. The number of fused-ring (bicyclic) bond motifs is 1. The van der Waals surface area contributed by atoms with Crippen LogP contribution in [0.15, 0.2) is 48.5 Å². The first-order chi connectivity index (χ1) is 11.9. The second-order valence-corrected chi connectivity index (χ2v) is 6.28. The van der Waals surface area contributed by atoms with E-state index in [1.54, 1.807) is 30.1 Å². The van der Waals surface area contributed by atoms with Gasteiger partial charge in [-0.1, -0.05) is 18.2 Å². The van der Waals surface area contributed by atoms with Gasteiger partial charge < -0.3 is 24.4 Å². The van der Waals surface area contributed by atoms with Gasteiger partial charge in [-0.15, -0.1) is 0 Å². The molecule has 6 heteroatoms. The van der Waals surface area contributed by atoms with E-state index < -0.39 is 5.79 Å². The molecule has 0 radical (unpaired) electrons. The van der Waals surface area contributed by atoms with Gasteiger partial charge in [-0.05, 0) is 24.3 Å². The molecule has 1 heterocycles. The Morgan fingerprint density at radius 1 is 1.12 bits per heavy atom. The average molecular weight is 342 g/mol. The van der Waals surface area contributed by atoms with Gasteiger partial charge in [0.1, 0.15) is 12.4 Å². The first kappa shape index (κ1) is 17.0. The minimum absolute atomic E-state index is 0.213. The Morgan fingerprint density at radius 2 is 1.84 bits per heavy atom. The van der Waals surface area contributed by atoms with E-state index in [1.807, 2.05) is 44.2 Å². The summed E-state index contributed by atoms with van der Waals surface area (Å²) in [4.78, 5) is 13.8. The minimum atomic E-state index is -0.684. The summed E-state index contributed by atoms with van der Waals surface area (Å²) < 4.78 is 16.9. The van der Waals surface area contributed by atoms with Crippen molar-refractivity contribution in [1.29, 1.82) is 0 Å². The van der Waals surface area contributed by atoms with Crippen molar-refractivity contribution in [2.75, 3.05) is 25.5 Å². The molecule has 0 atom stereocenters. The molecular formula is C19H22N2O4. The van der Waals surface area contributed by atoms with Crippen LogP contribution in [0, 0.1) is 0 Å². The fourth-order valence-corrected chi connectivity index (χ4v) is 2.44. The number of benzene rings is 2. The molecule has 0 aliphatic carbocycles. The number of hydrogen-bond acceptors (Lipinski definition) is 4. The Labute approximate surface area is 147 Å². The van der Waals surface area contributed by atoms with Gasteiger partial charge in [0, 0.05) is 32.6 Å². The summed E-state index contributed by atoms with van der Waals surface area (Å²) in [6, 6.07) is 14.6. The van der Waals surface area contributed by atoms with Crippen LogP contribution >= 0.6 is 0 Å². The number of ether oxygens (including phenoxy) is 3. The SMILES string of the molecule is CN(CCOc1ccccc1)C(=O)Nc1ccc2c(c1)OC(C)(C)O2. The highest BCUT2D eigenvalue weighted by Crippen LogP contribution is 2.40. The Balaban J connectivity index is 1.50. The summed E-state index contributed by atoms with van der Waals surface area (Å²) in [7, 11) is 1.72. The Kier molecular flexibility index (Phi) is 4.70. The molecule has 2 aromatic rings. The van der Waals surface area contributed by atoms with Crippen molar-refractivity contribution in [1.82, 2.24) is 4.90 Å². The molecule has 3 rings (SSSR count). The monoisotopic (exact) mass is 342 g/mol. The highest BCUT2D eigenvalue weighted by molar-refractivity contribution is 5.89. The van der Waals surface area contributed by atoms with Gasteiger partial charge in [-0.2, -0.15) is 0 Å². The molecule has 0 saturated heterocycles. The lowest BCUT2D eigenvalue weighted by Crippen LogP contribution is -2.34. The lowest BCUT2D eigenvalue weighted by molar-refractivity contribution is -0.0431. The van der Waals surface area contributed by atoms with E-state index in [2.05, 4.69) is 5.32 Å². The largest absolute Gasteiger partial charge is 0.492 e. The highest BCUT2D eigenvalue weighted by atomic mass is 16.7. The van der Waals surface area contributed by atoms with Gasteiger partial charge >= 0.3 is 6.03 Å². The zero-order valence-electron chi connectivity index (χ0n) is 14.6. The van der Waals surface area contributed by atoms with Crippen LogP contribution < -0.4 is 19.5 Å². The maximum Gasteiger partial charge on any atom is 0.321 e. The normalized spacial score (nSPS) is 14.0. The molecule has 0 aromatic heterocycles. The summed E-state index contributed by atoms with van der Waals surface area (Å²) in [5, 5.41) is 2.84. The predicted octanol–water partition coefficient (Wildman–Crippen LogP) is 3.74. The van der Waals surface area contributed by atoms with Crippen molar-refractivity contribution in [3.63, 3.8) is 0 Å². The van der Waals surface area contributed by atoms with E-state index in [0.717, 1.165) is 5.75 Å². The quantitative estimate of drug-likeness (QED) is 0.899. The van der Waals surface area contributed by atoms with Crippen molar-refractivity contribution < 1.29 is 19.0 Å². The van der Waals surface area contributed by atoms with Crippen LogP contribution in [0.4, 0.5) is 10.5 Å². The van der Waals surface area contributed by atoms with Crippen LogP contribution in [0.5, 0.6) is 17.2 Å². The lowest BCUT2D eigenvalue weighted by atomic mass is 10.3. The maximum atomic E-state index is 12.3. The molecule has 0 unspecified atom stereocenters. The van der Waals surface area contributed by atoms with E-state index in [-0.39, 0.29) is 6.03 Å². The fraction of sp³-hybridized carbons (Fsp3) is 0.316. The second kappa shape index (κ2) is 6.93. The second-order valence-electron chi connectivity index (χ2n) is 6.28. The van der Waals surface area contributed by atoms with Gasteiger partial charge in [0.2, 0.25) is 5.79 Å². The maximum absolute atomic E-state index is 12.3. The molecule has 2 amide bonds. The number of amides is 2. The number of rotatable bonds is 5. The number of para-hydroxylation sites is 1.